The molecule has 2 aromatic rings. The Labute approximate surface area is 178 Å². The minimum atomic E-state index is -0.148. The summed E-state index contributed by atoms with van der Waals surface area (Å²) in [4.78, 5) is 26.7. The molecule has 1 fully saturated rings. The van der Waals surface area contributed by atoms with Gasteiger partial charge in [0.1, 0.15) is 5.75 Å². The molecule has 0 unspecified atom stereocenters. The number of anilines is 2. The third-order valence-corrected chi connectivity index (χ3v) is 5.27. The second-order valence-electron chi connectivity index (χ2n) is 7.83. The van der Waals surface area contributed by atoms with Gasteiger partial charge in [-0.15, -0.1) is 0 Å². The molecule has 2 amide bonds. The molecule has 2 aromatic carbocycles. The maximum Gasteiger partial charge on any atom is 0.253 e. The zero-order valence-corrected chi connectivity index (χ0v) is 17.8. The molecule has 6 heteroatoms. The van der Waals surface area contributed by atoms with E-state index in [0.717, 1.165) is 43.8 Å². The first kappa shape index (κ1) is 21.7. The Morgan fingerprint density at radius 1 is 1.00 bits per heavy atom. The summed E-state index contributed by atoms with van der Waals surface area (Å²) in [6, 6.07) is 14.6. The van der Waals surface area contributed by atoms with Crippen molar-refractivity contribution in [2.75, 3.05) is 36.9 Å². The molecule has 0 aromatic heterocycles. The summed E-state index contributed by atoms with van der Waals surface area (Å²) in [6.45, 7) is 6.77. The van der Waals surface area contributed by atoms with Crippen LogP contribution in [0.3, 0.4) is 0 Å². The standard InChI is InChI=1S/C24H31N3O3/c1-3-16-30-22-10-8-20(9-11-22)25-17-23(28)26-21-6-4-19(5-7-21)24(29)27-14-12-18(2)13-15-27/h4-11,18,25H,3,12-17H2,1-2H3,(H,26,28). The summed E-state index contributed by atoms with van der Waals surface area (Å²) in [5, 5.41) is 5.95. The van der Waals surface area contributed by atoms with E-state index in [0.29, 0.717) is 23.8 Å². The average Bonchev–Trinajstić information content (AvgIpc) is 2.77. The maximum atomic E-state index is 12.6. The van der Waals surface area contributed by atoms with E-state index in [4.69, 9.17) is 4.74 Å². The highest BCUT2D eigenvalue weighted by Gasteiger charge is 2.21. The van der Waals surface area contributed by atoms with Crippen molar-refractivity contribution < 1.29 is 14.3 Å². The quantitative estimate of drug-likeness (QED) is 0.678. The van der Waals surface area contributed by atoms with Crippen molar-refractivity contribution in [3.8, 4) is 5.75 Å². The number of likely N-dealkylation sites (tertiary alicyclic amines) is 1. The normalized spacial score (nSPS) is 14.3. The Kier molecular flexibility index (Phi) is 7.71. The van der Waals surface area contributed by atoms with Crippen LogP contribution in [0.15, 0.2) is 48.5 Å². The summed E-state index contributed by atoms with van der Waals surface area (Å²) >= 11 is 0. The molecule has 2 N–H and O–H groups in total. The first-order valence-electron chi connectivity index (χ1n) is 10.7. The smallest absolute Gasteiger partial charge is 0.253 e. The molecule has 1 aliphatic heterocycles. The van der Waals surface area contributed by atoms with Crippen LogP contribution < -0.4 is 15.4 Å². The number of rotatable bonds is 8. The average molecular weight is 410 g/mol. The lowest BCUT2D eigenvalue weighted by Crippen LogP contribution is -2.37. The van der Waals surface area contributed by atoms with Gasteiger partial charge in [-0.1, -0.05) is 13.8 Å². The molecular weight excluding hydrogens is 378 g/mol. The van der Waals surface area contributed by atoms with Crippen LogP contribution in [0.4, 0.5) is 11.4 Å². The van der Waals surface area contributed by atoms with Crippen LogP contribution >= 0.6 is 0 Å². The molecule has 1 aliphatic rings. The minimum Gasteiger partial charge on any atom is -0.494 e. The molecule has 160 valence electrons. The van der Waals surface area contributed by atoms with Crippen molar-refractivity contribution in [1.29, 1.82) is 0 Å². The number of carbonyl (C=O) groups is 2. The number of hydrogen-bond donors (Lipinski definition) is 2. The molecule has 0 saturated carbocycles. The van der Waals surface area contributed by atoms with Crippen LogP contribution in [-0.2, 0) is 4.79 Å². The van der Waals surface area contributed by atoms with Gasteiger partial charge in [-0.2, -0.15) is 0 Å². The number of piperidine rings is 1. The van der Waals surface area contributed by atoms with E-state index in [-0.39, 0.29) is 18.4 Å². The first-order chi connectivity index (χ1) is 14.5. The van der Waals surface area contributed by atoms with Gasteiger partial charge in [-0.05, 0) is 73.7 Å². The fraction of sp³-hybridized carbons (Fsp3) is 0.417. The Bertz CT molecular complexity index is 826. The van der Waals surface area contributed by atoms with E-state index in [1.165, 1.54) is 0 Å². The molecule has 3 rings (SSSR count). The fourth-order valence-corrected chi connectivity index (χ4v) is 3.37. The molecule has 1 heterocycles. The van der Waals surface area contributed by atoms with Crippen molar-refractivity contribution in [3.05, 3.63) is 54.1 Å². The van der Waals surface area contributed by atoms with Crippen LogP contribution in [0.25, 0.3) is 0 Å². The molecule has 1 saturated heterocycles. The van der Waals surface area contributed by atoms with Gasteiger partial charge >= 0.3 is 0 Å². The second kappa shape index (κ2) is 10.7. The summed E-state index contributed by atoms with van der Waals surface area (Å²) in [5.41, 5.74) is 2.19. The van der Waals surface area contributed by atoms with Crippen LogP contribution in [-0.4, -0.2) is 43.0 Å². The lowest BCUT2D eigenvalue weighted by atomic mass is 9.98. The number of benzene rings is 2. The van der Waals surface area contributed by atoms with Gasteiger partial charge in [-0.25, -0.2) is 0 Å². The Morgan fingerprint density at radius 2 is 1.63 bits per heavy atom. The highest BCUT2D eigenvalue weighted by atomic mass is 16.5. The number of carbonyl (C=O) groups excluding carboxylic acids is 2. The number of amides is 2. The van der Waals surface area contributed by atoms with E-state index in [9.17, 15) is 9.59 Å². The van der Waals surface area contributed by atoms with E-state index in [2.05, 4.69) is 24.5 Å². The Morgan fingerprint density at radius 3 is 2.27 bits per heavy atom. The van der Waals surface area contributed by atoms with Crippen molar-refractivity contribution in [3.63, 3.8) is 0 Å². The number of nitrogens with one attached hydrogen (secondary N) is 2. The third kappa shape index (κ3) is 6.24. The van der Waals surface area contributed by atoms with Gasteiger partial charge in [0.25, 0.3) is 5.91 Å². The maximum absolute atomic E-state index is 12.6. The SMILES string of the molecule is CCCOc1ccc(NCC(=O)Nc2ccc(C(=O)N3CCC(C)CC3)cc2)cc1. The zero-order valence-electron chi connectivity index (χ0n) is 17.8. The Balaban J connectivity index is 1.45. The first-order valence-corrected chi connectivity index (χ1v) is 10.7. The van der Waals surface area contributed by atoms with E-state index in [1.807, 2.05) is 29.2 Å². The zero-order chi connectivity index (χ0) is 21.3. The second-order valence-corrected chi connectivity index (χ2v) is 7.83. The van der Waals surface area contributed by atoms with Gasteiger partial charge in [0.15, 0.2) is 0 Å². The summed E-state index contributed by atoms with van der Waals surface area (Å²) in [7, 11) is 0. The fourth-order valence-electron chi connectivity index (χ4n) is 3.37. The molecule has 0 atom stereocenters. The van der Waals surface area contributed by atoms with Crippen molar-refractivity contribution in [2.24, 2.45) is 5.92 Å². The molecule has 0 spiro atoms. The summed E-state index contributed by atoms with van der Waals surface area (Å²) < 4.78 is 5.55. The van der Waals surface area contributed by atoms with Gasteiger partial charge < -0.3 is 20.3 Å². The molecule has 6 nitrogen and oxygen atoms in total. The minimum absolute atomic E-state index is 0.0628. The lowest BCUT2D eigenvalue weighted by Gasteiger charge is -2.30. The summed E-state index contributed by atoms with van der Waals surface area (Å²) in [5.74, 6) is 1.42. The van der Waals surface area contributed by atoms with Crippen LogP contribution in [0, 0.1) is 5.92 Å². The van der Waals surface area contributed by atoms with E-state index in [1.54, 1.807) is 24.3 Å². The number of hydrogen-bond acceptors (Lipinski definition) is 4. The number of nitrogens with zero attached hydrogens (tertiary/aromatic N) is 1. The highest BCUT2D eigenvalue weighted by molar-refractivity contribution is 5.96. The van der Waals surface area contributed by atoms with Gasteiger partial charge in [-0.3, -0.25) is 9.59 Å². The predicted octanol–water partition coefficient (Wildman–Crippen LogP) is 4.40. The number of ether oxygens (including phenoxy) is 1. The highest BCUT2D eigenvalue weighted by Crippen LogP contribution is 2.19. The van der Waals surface area contributed by atoms with Crippen molar-refractivity contribution in [1.82, 2.24) is 4.90 Å². The summed E-state index contributed by atoms with van der Waals surface area (Å²) in [6.07, 6.45) is 3.08. The van der Waals surface area contributed by atoms with Crippen molar-refractivity contribution >= 4 is 23.2 Å². The van der Waals surface area contributed by atoms with Crippen LogP contribution in [0.5, 0.6) is 5.75 Å². The molecular formula is C24H31N3O3. The van der Waals surface area contributed by atoms with Crippen LogP contribution in [0.1, 0.15) is 43.5 Å². The molecule has 30 heavy (non-hydrogen) atoms. The van der Waals surface area contributed by atoms with Crippen molar-refractivity contribution in [2.45, 2.75) is 33.1 Å². The van der Waals surface area contributed by atoms with Crippen LogP contribution in [0.2, 0.25) is 0 Å². The van der Waals surface area contributed by atoms with Gasteiger partial charge in [0.05, 0.1) is 13.2 Å². The largest absolute Gasteiger partial charge is 0.494 e. The lowest BCUT2D eigenvalue weighted by molar-refractivity contribution is -0.114. The molecule has 0 aliphatic carbocycles. The Hall–Kier alpha value is -3.02. The van der Waals surface area contributed by atoms with E-state index < -0.39 is 0 Å². The molecule has 0 bridgehead atoms. The molecule has 0 radical (unpaired) electrons. The van der Waals surface area contributed by atoms with E-state index >= 15 is 0 Å². The predicted molar refractivity (Wildman–Crippen MR) is 120 cm³/mol. The monoisotopic (exact) mass is 409 g/mol. The van der Waals surface area contributed by atoms with Gasteiger partial charge in [0.2, 0.25) is 5.91 Å². The van der Waals surface area contributed by atoms with Gasteiger partial charge in [0, 0.05) is 30.0 Å². The third-order valence-electron chi connectivity index (χ3n) is 5.27. The topological polar surface area (TPSA) is 70.7 Å².